The van der Waals surface area contributed by atoms with E-state index in [0.29, 0.717) is 22.3 Å². The molecule has 1 aromatic heterocycles. The van der Waals surface area contributed by atoms with E-state index >= 15 is 0 Å². The number of amides is 1. The Balaban J connectivity index is 1.96. The first kappa shape index (κ1) is 19.0. The quantitative estimate of drug-likeness (QED) is 0.401. The molecule has 4 rings (SSSR count). The van der Waals surface area contributed by atoms with E-state index in [9.17, 15) is 9.59 Å². The van der Waals surface area contributed by atoms with Crippen molar-refractivity contribution >= 4 is 28.0 Å². The molecular formula is C24H19NO3S. The first-order valence-electron chi connectivity index (χ1n) is 9.15. The predicted octanol–water partition coefficient (Wildman–Crippen LogP) is 5.90. The van der Waals surface area contributed by atoms with Crippen LogP contribution < -0.4 is 5.43 Å². The minimum Gasteiger partial charge on any atom is -0.455 e. The maximum absolute atomic E-state index is 13.4. The van der Waals surface area contributed by atoms with Crippen LogP contribution in [0, 0.1) is 0 Å². The summed E-state index contributed by atoms with van der Waals surface area (Å²) in [7, 11) is 3.41. The Bertz CT molecular complexity index is 1230. The van der Waals surface area contributed by atoms with Gasteiger partial charge in [0.2, 0.25) is 5.43 Å². The Morgan fingerprint density at radius 3 is 2.10 bits per heavy atom. The number of rotatable bonds is 3. The van der Waals surface area contributed by atoms with E-state index < -0.39 is 0 Å². The largest absolute Gasteiger partial charge is 0.455 e. The van der Waals surface area contributed by atoms with E-state index in [1.165, 1.54) is 4.90 Å². The summed E-state index contributed by atoms with van der Waals surface area (Å²) in [5.74, 6) is 0.524. The number of benzene rings is 3. The fourth-order valence-electron chi connectivity index (χ4n) is 3.09. The number of hydrogen-bond acceptors (Lipinski definition) is 4. The average Bonchev–Trinajstić information content (AvgIpc) is 2.74. The van der Waals surface area contributed by atoms with Gasteiger partial charge >= 0.3 is 0 Å². The second kappa shape index (κ2) is 7.97. The van der Waals surface area contributed by atoms with Gasteiger partial charge in [-0.05, 0) is 35.5 Å². The number of carbonyl (C=O) groups excluding carboxylic acids is 1. The summed E-state index contributed by atoms with van der Waals surface area (Å²) < 4.78 is 6.26. The van der Waals surface area contributed by atoms with Gasteiger partial charge in [-0.25, -0.2) is 0 Å². The molecule has 0 aliphatic heterocycles. The highest BCUT2D eigenvalue weighted by atomic mass is 32.2. The second-order valence-electron chi connectivity index (χ2n) is 6.79. The van der Waals surface area contributed by atoms with Crippen molar-refractivity contribution in [2.24, 2.45) is 0 Å². The maximum atomic E-state index is 13.4. The third-order valence-electron chi connectivity index (χ3n) is 4.53. The van der Waals surface area contributed by atoms with Gasteiger partial charge in [0, 0.05) is 24.6 Å². The average molecular weight is 401 g/mol. The van der Waals surface area contributed by atoms with Crippen LogP contribution in [0.15, 0.2) is 93.0 Å². The van der Waals surface area contributed by atoms with Crippen molar-refractivity contribution in [2.75, 3.05) is 14.1 Å². The minimum atomic E-state index is -0.0909. The zero-order valence-corrected chi connectivity index (χ0v) is 16.9. The Morgan fingerprint density at radius 2 is 1.48 bits per heavy atom. The third kappa shape index (κ3) is 3.82. The van der Waals surface area contributed by atoms with Crippen LogP contribution in [-0.4, -0.2) is 24.2 Å². The van der Waals surface area contributed by atoms with E-state index in [0.717, 1.165) is 27.8 Å². The summed E-state index contributed by atoms with van der Waals surface area (Å²) in [6.45, 7) is 0. The molecule has 0 saturated carbocycles. The first-order valence-corrected chi connectivity index (χ1v) is 9.97. The number of fused-ring (bicyclic) bond motifs is 1. The molecule has 144 valence electrons. The van der Waals surface area contributed by atoms with Crippen molar-refractivity contribution in [1.82, 2.24) is 4.90 Å². The highest BCUT2D eigenvalue weighted by molar-refractivity contribution is 8.13. The fourth-order valence-corrected chi connectivity index (χ4v) is 3.78. The van der Waals surface area contributed by atoms with E-state index in [-0.39, 0.29) is 10.7 Å². The lowest BCUT2D eigenvalue weighted by Crippen LogP contribution is -2.16. The smallest absolute Gasteiger partial charge is 0.285 e. The summed E-state index contributed by atoms with van der Waals surface area (Å²) in [4.78, 5) is 27.7. The van der Waals surface area contributed by atoms with Gasteiger partial charge in [0.15, 0.2) is 0 Å². The van der Waals surface area contributed by atoms with Gasteiger partial charge < -0.3 is 9.32 Å². The van der Waals surface area contributed by atoms with Crippen LogP contribution in [0.25, 0.3) is 33.4 Å². The number of hydrogen-bond donors (Lipinski definition) is 0. The molecule has 1 amide bonds. The SMILES string of the molecule is CN(C)C(=O)Sc1ccc2c(=O)c(-c3ccccc3)c(-c3ccccc3)oc2c1. The van der Waals surface area contributed by atoms with Crippen molar-refractivity contribution in [2.45, 2.75) is 4.90 Å². The lowest BCUT2D eigenvalue weighted by Gasteiger charge is -2.12. The number of nitrogens with zero attached hydrogens (tertiary/aromatic N) is 1. The van der Waals surface area contributed by atoms with Crippen LogP contribution in [-0.2, 0) is 0 Å². The Hall–Kier alpha value is -3.31. The van der Waals surface area contributed by atoms with Crippen molar-refractivity contribution in [1.29, 1.82) is 0 Å². The Kier molecular flexibility index (Phi) is 5.23. The molecule has 0 atom stereocenters. The van der Waals surface area contributed by atoms with Crippen LogP contribution in [0.4, 0.5) is 4.79 Å². The van der Waals surface area contributed by atoms with Gasteiger partial charge in [-0.3, -0.25) is 9.59 Å². The van der Waals surface area contributed by atoms with Crippen molar-refractivity contribution < 1.29 is 9.21 Å². The van der Waals surface area contributed by atoms with Crippen LogP contribution >= 0.6 is 11.8 Å². The molecule has 1 heterocycles. The third-order valence-corrected chi connectivity index (χ3v) is 5.56. The molecule has 0 radical (unpaired) electrons. The normalized spacial score (nSPS) is 10.8. The minimum absolute atomic E-state index is 0.0871. The molecule has 5 heteroatoms. The van der Waals surface area contributed by atoms with Crippen molar-refractivity contribution in [3.8, 4) is 22.5 Å². The van der Waals surface area contributed by atoms with Crippen LogP contribution in [0.2, 0.25) is 0 Å². The Labute approximate surface area is 172 Å². The molecule has 3 aromatic carbocycles. The molecule has 29 heavy (non-hydrogen) atoms. The molecule has 4 nitrogen and oxygen atoms in total. The predicted molar refractivity (Wildman–Crippen MR) is 118 cm³/mol. The summed E-state index contributed by atoms with van der Waals surface area (Å²) in [6, 6.07) is 24.4. The highest BCUT2D eigenvalue weighted by Gasteiger charge is 2.18. The van der Waals surface area contributed by atoms with Gasteiger partial charge in [0.25, 0.3) is 5.24 Å². The van der Waals surface area contributed by atoms with Crippen molar-refractivity contribution in [3.05, 3.63) is 89.1 Å². The van der Waals surface area contributed by atoms with E-state index in [1.54, 1.807) is 32.3 Å². The molecular weight excluding hydrogens is 382 g/mol. The van der Waals surface area contributed by atoms with E-state index in [2.05, 4.69) is 0 Å². The fraction of sp³-hybridized carbons (Fsp3) is 0.0833. The molecule has 0 fully saturated rings. The summed E-state index contributed by atoms with van der Waals surface area (Å²) in [5, 5.41) is 0.404. The molecule has 4 aromatic rings. The van der Waals surface area contributed by atoms with Crippen molar-refractivity contribution in [3.63, 3.8) is 0 Å². The van der Waals surface area contributed by atoms with Gasteiger partial charge in [0.1, 0.15) is 11.3 Å². The molecule has 0 N–H and O–H groups in total. The second-order valence-corrected chi connectivity index (χ2v) is 7.81. The highest BCUT2D eigenvalue weighted by Crippen LogP contribution is 2.33. The van der Waals surface area contributed by atoms with Gasteiger partial charge in [-0.15, -0.1) is 0 Å². The monoisotopic (exact) mass is 401 g/mol. The number of carbonyl (C=O) groups is 1. The molecule has 0 unspecified atom stereocenters. The van der Waals surface area contributed by atoms with Crippen LogP contribution in [0.1, 0.15) is 0 Å². The molecule has 0 aliphatic rings. The standard InChI is InChI=1S/C24H19NO3S/c1-25(2)24(27)29-18-13-14-19-20(15-18)28-23(17-11-7-4-8-12-17)21(22(19)26)16-9-5-3-6-10-16/h3-15H,1-2H3. The van der Waals surface area contributed by atoms with Gasteiger partial charge in [-0.1, -0.05) is 60.7 Å². The molecule has 0 aliphatic carbocycles. The molecule has 0 spiro atoms. The first-order chi connectivity index (χ1) is 14.0. The molecule has 0 bridgehead atoms. The van der Waals surface area contributed by atoms with Gasteiger partial charge in [0.05, 0.1) is 10.9 Å². The topological polar surface area (TPSA) is 50.5 Å². The summed E-state index contributed by atoms with van der Waals surface area (Å²) in [6.07, 6.45) is 0. The Morgan fingerprint density at radius 1 is 0.862 bits per heavy atom. The lowest BCUT2D eigenvalue weighted by atomic mass is 9.98. The molecule has 0 saturated heterocycles. The van der Waals surface area contributed by atoms with E-state index in [1.807, 2.05) is 60.7 Å². The number of thioether (sulfide) groups is 1. The van der Waals surface area contributed by atoms with Crippen LogP contribution in [0.3, 0.4) is 0 Å². The maximum Gasteiger partial charge on any atom is 0.285 e. The summed E-state index contributed by atoms with van der Waals surface area (Å²) in [5.41, 5.74) is 2.54. The van der Waals surface area contributed by atoms with Crippen LogP contribution in [0.5, 0.6) is 0 Å². The zero-order valence-electron chi connectivity index (χ0n) is 16.1. The van der Waals surface area contributed by atoms with Gasteiger partial charge in [-0.2, -0.15) is 0 Å². The lowest BCUT2D eigenvalue weighted by molar-refractivity contribution is 0.241. The zero-order chi connectivity index (χ0) is 20.4. The summed E-state index contributed by atoms with van der Waals surface area (Å²) >= 11 is 1.10. The van der Waals surface area contributed by atoms with E-state index in [4.69, 9.17) is 4.42 Å².